The summed E-state index contributed by atoms with van der Waals surface area (Å²) in [5.74, 6) is -0.129. The molecule has 0 amide bonds. The van der Waals surface area contributed by atoms with Crippen molar-refractivity contribution < 1.29 is 14.6 Å². The zero-order valence-electron chi connectivity index (χ0n) is 12.8. The van der Waals surface area contributed by atoms with Gasteiger partial charge < -0.3 is 15.6 Å². The van der Waals surface area contributed by atoms with Crippen molar-refractivity contribution >= 4 is 39.3 Å². The smallest absolute Gasteiger partial charge is 0.320 e. The summed E-state index contributed by atoms with van der Waals surface area (Å²) in [6.07, 6.45) is 1.32. The monoisotopic (exact) mass is 375 g/mol. The molecule has 4 nitrogen and oxygen atoms in total. The topological polar surface area (TPSA) is 72.5 Å². The lowest BCUT2D eigenvalue weighted by Gasteiger charge is -2.33. The molecule has 118 valence electrons. The number of nitrogen functional groups attached to an aromatic ring is 1. The molecule has 6 heteroatoms. The Balaban J connectivity index is 3.30. The third-order valence-electron chi connectivity index (χ3n) is 3.87. The van der Waals surface area contributed by atoms with Gasteiger partial charge in [0.15, 0.2) is 0 Å². The average Bonchev–Trinajstić information content (AvgIpc) is 2.45. The molecule has 3 N–H and O–H groups in total. The van der Waals surface area contributed by atoms with Crippen LogP contribution in [0.3, 0.4) is 0 Å². The van der Waals surface area contributed by atoms with Gasteiger partial charge in [-0.25, -0.2) is 0 Å². The van der Waals surface area contributed by atoms with Crippen LogP contribution in [0.4, 0.5) is 5.69 Å². The van der Waals surface area contributed by atoms with Gasteiger partial charge in [0, 0.05) is 10.6 Å². The van der Waals surface area contributed by atoms with Gasteiger partial charge in [-0.15, -0.1) is 11.8 Å². The maximum atomic E-state index is 11.9. The summed E-state index contributed by atoms with van der Waals surface area (Å²) in [5.41, 5.74) is 6.60. The normalized spacial score (nSPS) is 15.3. The van der Waals surface area contributed by atoms with E-state index in [-0.39, 0.29) is 5.92 Å². The molecule has 0 radical (unpaired) electrons. The second-order valence-electron chi connectivity index (χ2n) is 4.98. The fraction of sp³-hybridized carbons (Fsp3) is 0.533. The van der Waals surface area contributed by atoms with E-state index >= 15 is 0 Å². The number of rotatable bonds is 7. The molecule has 1 aromatic rings. The van der Waals surface area contributed by atoms with Crippen molar-refractivity contribution in [1.82, 2.24) is 0 Å². The largest absolute Gasteiger partial charge is 0.496 e. The van der Waals surface area contributed by atoms with Crippen LogP contribution in [0.5, 0.6) is 5.75 Å². The molecule has 0 heterocycles. The molecular formula is C15H22BrNO3S. The number of carboxylic acid groups (broad SMARTS) is 1. The van der Waals surface area contributed by atoms with Crippen LogP contribution in [0, 0.1) is 5.92 Å². The SMILES string of the molecule is CCC(C)C(CC)(Sc1cc(OC)c(Br)cc1N)C(=O)O. The Morgan fingerprint density at radius 3 is 2.57 bits per heavy atom. The van der Waals surface area contributed by atoms with Gasteiger partial charge in [-0.05, 0) is 40.4 Å². The number of carboxylic acids is 1. The second kappa shape index (κ2) is 7.40. The van der Waals surface area contributed by atoms with Gasteiger partial charge in [-0.3, -0.25) is 4.79 Å². The molecule has 0 aromatic heterocycles. The molecule has 2 unspecified atom stereocenters. The molecule has 0 aliphatic carbocycles. The Hall–Kier alpha value is -0.880. The number of carbonyl (C=O) groups is 1. The summed E-state index contributed by atoms with van der Waals surface area (Å²) in [6, 6.07) is 3.54. The molecule has 1 aromatic carbocycles. The first kappa shape index (κ1) is 18.2. The van der Waals surface area contributed by atoms with Crippen molar-refractivity contribution in [2.75, 3.05) is 12.8 Å². The average molecular weight is 376 g/mol. The van der Waals surface area contributed by atoms with Gasteiger partial charge in [-0.2, -0.15) is 0 Å². The van der Waals surface area contributed by atoms with Gasteiger partial charge in [0.1, 0.15) is 10.5 Å². The summed E-state index contributed by atoms with van der Waals surface area (Å²) in [7, 11) is 1.57. The Labute approximate surface area is 138 Å². The van der Waals surface area contributed by atoms with Crippen LogP contribution in [-0.4, -0.2) is 22.9 Å². The highest BCUT2D eigenvalue weighted by molar-refractivity contribution is 9.10. The molecule has 1 rings (SSSR count). The number of methoxy groups -OCH3 is 1. The van der Waals surface area contributed by atoms with Crippen LogP contribution in [0.25, 0.3) is 0 Å². The molecule has 2 atom stereocenters. The van der Waals surface area contributed by atoms with Gasteiger partial charge in [-0.1, -0.05) is 27.2 Å². The number of thioether (sulfide) groups is 1. The first-order valence-corrected chi connectivity index (χ1v) is 8.48. The lowest BCUT2D eigenvalue weighted by Crippen LogP contribution is -2.40. The highest BCUT2D eigenvalue weighted by Gasteiger charge is 2.43. The number of aliphatic carboxylic acids is 1. The number of halogens is 1. The first-order valence-electron chi connectivity index (χ1n) is 6.87. The molecule has 0 saturated heterocycles. The van der Waals surface area contributed by atoms with Crippen molar-refractivity contribution in [1.29, 1.82) is 0 Å². The number of hydrogen-bond acceptors (Lipinski definition) is 4. The van der Waals surface area contributed by atoms with Crippen LogP contribution >= 0.6 is 27.7 Å². The van der Waals surface area contributed by atoms with Crippen LogP contribution in [0.2, 0.25) is 0 Å². The van der Waals surface area contributed by atoms with Crippen LogP contribution in [-0.2, 0) is 4.79 Å². The van der Waals surface area contributed by atoms with Crippen LogP contribution in [0.1, 0.15) is 33.6 Å². The summed E-state index contributed by atoms with van der Waals surface area (Å²) >= 11 is 4.70. The predicted molar refractivity (Wildman–Crippen MR) is 91.1 cm³/mol. The van der Waals surface area contributed by atoms with Gasteiger partial charge in [0.05, 0.1) is 11.6 Å². The van der Waals surface area contributed by atoms with Crippen molar-refractivity contribution in [2.45, 2.75) is 43.3 Å². The number of ether oxygens (including phenoxy) is 1. The lowest BCUT2D eigenvalue weighted by atomic mass is 9.88. The van der Waals surface area contributed by atoms with E-state index in [2.05, 4.69) is 15.9 Å². The van der Waals surface area contributed by atoms with E-state index in [0.29, 0.717) is 17.9 Å². The van der Waals surface area contributed by atoms with Crippen LogP contribution < -0.4 is 10.5 Å². The number of anilines is 1. The van der Waals surface area contributed by atoms with E-state index in [1.165, 1.54) is 11.8 Å². The fourth-order valence-electron chi connectivity index (χ4n) is 2.25. The zero-order chi connectivity index (χ0) is 16.2. The quantitative estimate of drug-likeness (QED) is 0.545. The highest BCUT2D eigenvalue weighted by Crippen LogP contribution is 2.46. The minimum absolute atomic E-state index is 0.0269. The standard InChI is InChI=1S/C15H22BrNO3S/c1-5-9(3)15(6-2,14(18)19)21-13-8-12(20-4)10(16)7-11(13)17/h7-9H,5-6,17H2,1-4H3,(H,18,19). The molecule has 0 bridgehead atoms. The predicted octanol–water partition coefficient (Wildman–Crippen LogP) is 4.41. The minimum atomic E-state index is -0.887. The van der Waals surface area contributed by atoms with Gasteiger partial charge in [0.2, 0.25) is 0 Å². The van der Waals surface area contributed by atoms with Crippen molar-refractivity contribution in [3.8, 4) is 5.75 Å². The minimum Gasteiger partial charge on any atom is -0.496 e. The highest BCUT2D eigenvalue weighted by atomic mass is 79.9. The maximum Gasteiger partial charge on any atom is 0.320 e. The lowest BCUT2D eigenvalue weighted by molar-refractivity contribution is -0.141. The molecule has 0 aliphatic rings. The zero-order valence-corrected chi connectivity index (χ0v) is 15.2. The molecule has 21 heavy (non-hydrogen) atoms. The van der Waals surface area contributed by atoms with Gasteiger partial charge >= 0.3 is 5.97 Å². The third-order valence-corrected chi connectivity index (χ3v) is 6.30. The number of nitrogens with two attached hydrogens (primary N) is 1. The molecule has 0 fully saturated rings. The van der Waals surface area contributed by atoms with Crippen LogP contribution in [0.15, 0.2) is 21.5 Å². The Morgan fingerprint density at radius 2 is 2.14 bits per heavy atom. The van der Waals surface area contributed by atoms with E-state index in [0.717, 1.165) is 15.8 Å². The number of hydrogen-bond donors (Lipinski definition) is 2. The summed E-state index contributed by atoms with van der Waals surface area (Å²) in [4.78, 5) is 12.6. The van der Waals surface area contributed by atoms with Crippen molar-refractivity contribution in [2.24, 2.45) is 5.92 Å². The Morgan fingerprint density at radius 1 is 1.52 bits per heavy atom. The van der Waals surface area contributed by atoms with Crippen molar-refractivity contribution in [3.63, 3.8) is 0 Å². The van der Waals surface area contributed by atoms with E-state index < -0.39 is 10.7 Å². The number of benzene rings is 1. The summed E-state index contributed by atoms with van der Waals surface area (Å²) in [5, 5.41) is 9.76. The van der Waals surface area contributed by atoms with E-state index in [1.54, 1.807) is 19.2 Å². The van der Waals surface area contributed by atoms with Gasteiger partial charge in [0.25, 0.3) is 0 Å². The fourth-order valence-corrected chi connectivity index (χ4v) is 4.11. The Bertz CT molecular complexity index is 524. The third kappa shape index (κ3) is 3.66. The molecule has 0 spiro atoms. The molecule has 0 saturated carbocycles. The van der Waals surface area contributed by atoms with E-state index in [4.69, 9.17) is 10.5 Å². The maximum absolute atomic E-state index is 11.9. The van der Waals surface area contributed by atoms with Crippen molar-refractivity contribution in [3.05, 3.63) is 16.6 Å². The summed E-state index contributed by atoms with van der Waals surface area (Å²) in [6.45, 7) is 5.88. The summed E-state index contributed by atoms with van der Waals surface area (Å²) < 4.78 is 5.14. The van der Waals surface area contributed by atoms with E-state index in [9.17, 15) is 9.90 Å². The second-order valence-corrected chi connectivity index (χ2v) is 7.21. The Kier molecular flexibility index (Phi) is 6.41. The molecule has 0 aliphatic heterocycles. The first-order chi connectivity index (χ1) is 9.82. The van der Waals surface area contributed by atoms with E-state index in [1.807, 2.05) is 20.8 Å². The molecular weight excluding hydrogens is 354 g/mol.